The summed E-state index contributed by atoms with van der Waals surface area (Å²) in [6, 6.07) is 12.4. The monoisotopic (exact) mass is 301 g/mol. The normalized spacial score (nSPS) is 11.0. The topological polar surface area (TPSA) is 30.2 Å². The van der Waals surface area contributed by atoms with Crippen LogP contribution in [0.15, 0.2) is 47.1 Å². The summed E-state index contributed by atoms with van der Waals surface area (Å²) in [5, 5.41) is 4.47. The van der Waals surface area contributed by atoms with E-state index in [2.05, 4.69) is 57.2 Å². The van der Waals surface area contributed by atoms with Crippen molar-refractivity contribution in [1.29, 1.82) is 0 Å². The van der Waals surface area contributed by atoms with Crippen LogP contribution in [0.3, 0.4) is 0 Å². The van der Waals surface area contributed by atoms with Crippen molar-refractivity contribution >= 4 is 21.6 Å². The lowest BCUT2D eigenvalue weighted by Crippen LogP contribution is -1.92. The highest BCUT2D eigenvalue weighted by Crippen LogP contribution is 2.12. The zero-order valence-corrected chi connectivity index (χ0v) is 11.6. The molecule has 0 saturated carbocycles. The van der Waals surface area contributed by atoms with E-state index in [4.69, 9.17) is 0 Å². The molecule has 18 heavy (non-hydrogen) atoms. The van der Waals surface area contributed by atoms with Gasteiger partial charge in [0.2, 0.25) is 0 Å². The molecular formula is C14H12BrN3. The van der Waals surface area contributed by atoms with Gasteiger partial charge in [0, 0.05) is 17.1 Å². The fraction of sp³-hybridized carbons (Fsp3) is 0.143. The van der Waals surface area contributed by atoms with Crippen molar-refractivity contribution in [3.8, 4) is 0 Å². The van der Waals surface area contributed by atoms with Crippen LogP contribution in [0, 0.1) is 6.92 Å². The summed E-state index contributed by atoms with van der Waals surface area (Å²) in [6.45, 7) is 2.09. The van der Waals surface area contributed by atoms with Gasteiger partial charge in [-0.2, -0.15) is 5.10 Å². The average molecular weight is 302 g/mol. The number of hydrogen-bond donors (Lipinski definition) is 0. The van der Waals surface area contributed by atoms with Crippen LogP contribution in [0.25, 0.3) is 5.65 Å². The number of rotatable bonds is 2. The SMILES string of the molecule is Cc1ccc(Cc2nc3ccc(Br)cn3n2)cc1. The molecule has 0 spiro atoms. The van der Waals surface area contributed by atoms with Gasteiger partial charge in [-0.25, -0.2) is 9.50 Å². The third kappa shape index (κ3) is 2.29. The van der Waals surface area contributed by atoms with E-state index in [9.17, 15) is 0 Å². The Hall–Kier alpha value is -1.68. The third-order valence-corrected chi connectivity index (χ3v) is 3.29. The summed E-state index contributed by atoms with van der Waals surface area (Å²) in [6.07, 6.45) is 2.68. The fourth-order valence-electron chi connectivity index (χ4n) is 1.87. The highest BCUT2D eigenvalue weighted by atomic mass is 79.9. The Labute approximate surface area is 114 Å². The van der Waals surface area contributed by atoms with Crippen LogP contribution >= 0.6 is 15.9 Å². The zero-order valence-electron chi connectivity index (χ0n) is 9.97. The molecular weight excluding hydrogens is 290 g/mol. The van der Waals surface area contributed by atoms with E-state index in [0.717, 1.165) is 22.4 Å². The molecule has 0 radical (unpaired) electrons. The van der Waals surface area contributed by atoms with E-state index < -0.39 is 0 Å². The second-order valence-corrected chi connectivity index (χ2v) is 5.26. The van der Waals surface area contributed by atoms with Gasteiger partial charge in [-0.15, -0.1) is 0 Å². The van der Waals surface area contributed by atoms with Gasteiger partial charge in [-0.3, -0.25) is 0 Å². The van der Waals surface area contributed by atoms with Gasteiger partial charge in [0.15, 0.2) is 11.5 Å². The van der Waals surface area contributed by atoms with Gasteiger partial charge in [-0.1, -0.05) is 29.8 Å². The number of fused-ring (bicyclic) bond motifs is 1. The third-order valence-electron chi connectivity index (χ3n) is 2.82. The van der Waals surface area contributed by atoms with Gasteiger partial charge < -0.3 is 0 Å². The number of benzene rings is 1. The van der Waals surface area contributed by atoms with Crippen molar-refractivity contribution in [3.05, 3.63) is 64.0 Å². The quantitative estimate of drug-likeness (QED) is 0.726. The lowest BCUT2D eigenvalue weighted by Gasteiger charge is -1.97. The van der Waals surface area contributed by atoms with Crippen LogP contribution in [0.2, 0.25) is 0 Å². The van der Waals surface area contributed by atoms with Crippen molar-refractivity contribution in [2.75, 3.05) is 0 Å². The molecule has 0 saturated heterocycles. The van der Waals surface area contributed by atoms with Crippen LogP contribution in [-0.4, -0.2) is 14.6 Å². The molecule has 0 unspecified atom stereocenters. The second-order valence-electron chi connectivity index (χ2n) is 4.34. The van der Waals surface area contributed by atoms with E-state index in [1.807, 2.05) is 18.3 Å². The lowest BCUT2D eigenvalue weighted by atomic mass is 10.1. The molecule has 2 heterocycles. The molecule has 2 aromatic heterocycles. The molecule has 0 aliphatic heterocycles. The minimum Gasteiger partial charge on any atom is -0.220 e. The molecule has 0 bridgehead atoms. The Kier molecular flexibility index (Phi) is 2.88. The summed E-state index contributed by atoms with van der Waals surface area (Å²) in [5.74, 6) is 0.844. The van der Waals surface area contributed by atoms with Crippen molar-refractivity contribution in [1.82, 2.24) is 14.6 Å². The van der Waals surface area contributed by atoms with Crippen molar-refractivity contribution in [2.24, 2.45) is 0 Å². The number of hydrogen-bond acceptors (Lipinski definition) is 2. The summed E-state index contributed by atoms with van der Waals surface area (Å²) in [5.41, 5.74) is 3.38. The summed E-state index contributed by atoms with van der Waals surface area (Å²) in [4.78, 5) is 4.50. The first-order chi connectivity index (χ1) is 8.70. The highest BCUT2D eigenvalue weighted by molar-refractivity contribution is 9.10. The first-order valence-electron chi connectivity index (χ1n) is 5.77. The van der Waals surface area contributed by atoms with E-state index in [1.165, 1.54) is 11.1 Å². The average Bonchev–Trinajstić information content (AvgIpc) is 2.73. The van der Waals surface area contributed by atoms with Crippen LogP contribution in [-0.2, 0) is 6.42 Å². The van der Waals surface area contributed by atoms with E-state index in [0.29, 0.717) is 0 Å². The van der Waals surface area contributed by atoms with E-state index in [-0.39, 0.29) is 0 Å². The Morgan fingerprint density at radius 3 is 2.67 bits per heavy atom. The number of nitrogens with zero attached hydrogens (tertiary/aromatic N) is 3. The Bertz CT molecular complexity index is 686. The van der Waals surface area contributed by atoms with Crippen molar-refractivity contribution in [3.63, 3.8) is 0 Å². The molecule has 4 heteroatoms. The molecule has 0 atom stereocenters. The minimum atomic E-state index is 0.763. The van der Waals surface area contributed by atoms with Gasteiger partial charge in [0.1, 0.15) is 0 Å². The molecule has 3 nitrogen and oxygen atoms in total. The van der Waals surface area contributed by atoms with E-state index in [1.54, 1.807) is 4.52 Å². The van der Waals surface area contributed by atoms with Gasteiger partial charge in [0.25, 0.3) is 0 Å². The van der Waals surface area contributed by atoms with Crippen LogP contribution < -0.4 is 0 Å². The number of aryl methyl sites for hydroxylation is 1. The molecule has 0 aliphatic rings. The number of pyridine rings is 1. The maximum absolute atomic E-state index is 4.50. The maximum Gasteiger partial charge on any atom is 0.156 e. The number of aromatic nitrogens is 3. The summed E-state index contributed by atoms with van der Waals surface area (Å²) >= 11 is 3.43. The Morgan fingerprint density at radius 1 is 1.11 bits per heavy atom. The Balaban J connectivity index is 1.92. The summed E-state index contributed by atoms with van der Waals surface area (Å²) in [7, 11) is 0. The highest BCUT2D eigenvalue weighted by Gasteiger charge is 2.04. The molecule has 1 aromatic carbocycles. The molecule has 3 rings (SSSR count). The largest absolute Gasteiger partial charge is 0.220 e. The minimum absolute atomic E-state index is 0.763. The standard InChI is InChI=1S/C14H12BrN3/c1-10-2-4-11(5-3-10)8-13-16-14-7-6-12(15)9-18(14)17-13/h2-7,9H,8H2,1H3. The van der Waals surface area contributed by atoms with Crippen LogP contribution in [0.4, 0.5) is 0 Å². The maximum atomic E-state index is 4.50. The molecule has 3 aromatic rings. The van der Waals surface area contributed by atoms with Crippen molar-refractivity contribution < 1.29 is 0 Å². The number of halogens is 1. The smallest absolute Gasteiger partial charge is 0.156 e. The lowest BCUT2D eigenvalue weighted by molar-refractivity contribution is 0.897. The van der Waals surface area contributed by atoms with Crippen LogP contribution in [0.1, 0.15) is 17.0 Å². The molecule has 0 aliphatic carbocycles. The predicted molar refractivity (Wildman–Crippen MR) is 74.7 cm³/mol. The van der Waals surface area contributed by atoms with E-state index >= 15 is 0 Å². The van der Waals surface area contributed by atoms with Crippen LogP contribution in [0.5, 0.6) is 0 Å². The Morgan fingerprint density at radius 2 is 1.89 bits per heavy atom. The van der Waals surface area contributed by atoms with Crippen molar-refractivity contribution in [2.45, 2.75) is 13.3 Å². The first-order valence-corrected chi connectivity index (χ1v) is 6.56. The van der Waals surface area contributed by atoms with Gasteiger partial charge in [-0.05, 0) is 40.5 Å². The zero-order chi connectivity index (χ0) is 12.5. The predicted octanol–water partition coefficient (Wildman–Crippen LogP) is 3.39. The molecule has 0 amide bonds. The fourth-order valence-corrected chi connectivity index (χ4v) is 2.19. The first kappa shape index (κ1) is 11.4. The molecule has 0 fully saturated rings. The molecule has 0 N–H and O–H groups in total. The summed E-state index contributed by atoms with van der Waals surface area (Å²) < 4.78 is 2.80. The second kappa shape index (κ2) is 4.53. The van der Waals surface area contributed by atoms with Gasteiger partial charge in [0.05, 0.1) is 0 Å². The van der Waals surface area contributed by atoms with Gasteiger partial charge >= 0.3 is 0 Å². The molecule has 90 valence electrons.